The van der Waals surface area contributed by atoms with Crippen LogP contribution in [-0.4, -0.2) is 15.0 Å². The summed E-state index contributed by atoms with van der Waals surface area (Å²) in [4.78, 5) is 14.1. The SMILES string of the molecule is Cc1nc2ccccc2nc1-c1ccc2ccccc2n1. The van der Waals surface area contributed by atoms with Crippen LogP contribution in [0.4, 0.5) is 0 Å². The maximum Gasteiger partial charge on any atom is 0.111 e. The fourth-order valence-electron chi connectivity index (χ4n) is 2.53. The smallest absolute Gasteiger partial charge is 0.111 e. The van der Waals surface area contributed by atoms with Crippen molar-refractivity contribution in [3.05, 3.63) is 66.4 Å². The molecule has 100 valence electrons. The fraction of sp³-hybridized carbons (Fsp3) is 0.0556. The van der Waals surface area contributed by atoms with Crippen LogP contribution in [0.2, 0.25) is 0 Å². The average molecular weight is 271 g/mol. The zero-order chi connectivity index (χ0) is 14.2. The Labute approximate surface area is 122 Å². The lowest BCUT2D eigenvalue weighted by atomic mass is 10.1. The number of hydrogen-bond acceptors (Lipinski definition) is 3. The zero-order valence-corrected chi connectivity index (χ0v) is 11.6. The quantitative estimate of drug-likeness (QED) is 0.522. The van der Waals surface area contributed by atoms with E-state index in [0.717, 1.165) is 39.0 Å². The van der Waals surface area contributed by atoms with Gasteiger partial charge in [0.25, 0.3) is 0 Å². The van der Waals surface area contributed by atoms with Gasteiger partial charge in [-0.15, -0.1) is 0 Å². The van der Waals surface area contributed by atoms with Crippen molar-refractivity contribution >= 4 is 21.9 Å². The summed E-state index contributed by atoms with van der Waals surface area (Å²) in [6.45, 7) is 1.98. The number of aryl methyl sites for hydroxylation is 1. The second-order valence-electron chi connectivity index (χ2n) is 5.04. The molecule has 4 rings (SSSR count). The van der Waals surface area contributed by atoms with E-state index in [0.29, 0.717) is 0 Å². The summed E-state index contributed by atoms with van der Waals surface area (Å²) >= 11 is 0. The van der Waals surface area contributed by atoms with Gasteiger partial charge in [-0.3, -0.25) is 0 Å². The molecule has 0 fully saturated rings. The Morgan fingerprint density at radius 3 is 2.10 bits per heavy atom. The Morgan fingerprint density at radius 2 is 1.29 bits per heavy atom. The van der Waals surface area contributed by atoms with Crippen molar-refractivity contribution in [1.82, 2.24) is 15.0 Å². The Morgan fingerprint density at radius 1 is 0.619 bits per heavy atom. The molecule has 0 spiro atoms. The molecule has 21 heavy (non-hydrogen) atoms. The molecule has 4 aromatic rings. The molecule has 0 N–H and O–H groups in total. The standard InChI is InChI=1S/C18H13N3/c1-12-18(21-16-9-5-4-8-15(16)19-12)17-11-10-13-6-2-3-7-14(13)20-17/h2-11H,1H3. The van der Waals surface area contributed by atoms with Crippen LogP contribution in [0.15, 0.2) is 60.7 Å². The minimum atomic E-state index is 0.847. The van der Waals surface area contributed by atoms with Gasteiger partial charge in [-0.25, -0.2) is 15.0 Å². The molecule has 3 heteroatoms. The molecule has 0 radical (unpaired) electrons. The van der Waals surface area contributed by atoms with E-state index in [-0.39, 0.29) is 0 Å². The number of para-hydroxylation sites is 3. The average Bonchev–Trinajstić information content (AvgIpc) is 2.54. The topological polar surface area (TPSA) is 38.7 Å². The first-order valence-electron chi connectivity index (χ1n) is 6.91. The largest absolute Gasteiger partial charge is 0.249 e. The molecule has 0 saturated carbocycles. The minimum Gasteiger partial charge on any atom is -0.249 e. The lowest BCUT2D eigenvalue weighted by Gasteiger charge is -2.07. The molecule has 0 aliphatic carbocycles. The molecular weight excluding hydrogens is 258 g/mol. The van der Waals surface area contributed by atoms with Gasteiger partial charge in [0.05, 0.1) is 27.9 Å². The van der Waals surface area contributed by atoms with E-state index in [9.17, 15) is 0 Å². The van der Waals surface area contributed by atoms with Gasteiger partial charge in [-0.05, 0) is 31.2 Å². The van der Waals surface area contributed by atoms with Crippen molar-refractivity contribution in [2.24, 2.45) is 0 Å². The van der Waals surface area contributed by atoms with Gasteiger partial charge in [0.1, 0.15) is 5.69 Å². The number of rotatable bonds is 1. The number of pyridine rings is 1. The van der Waals surface area contributed by atoms with Crippen molar-refractivity contribution in [2.75, 3.05) is 0 Å². The van der Waals surface area contributed by atoms with Crippen LogP contribution >= 0.6 is 0 Å². The number of benzene rings is 2. The summed E-state index contributed by atoms with van der Waals surface area (Å²) in [5.74, 6) is 0. The van der Waals surface area contributed by atoms with Crippen LogP contribution in [0.5, 0.6) is 0 Å². The molecule has 0 aliphatic heterocycles. The van der Waals surface area contributed by atoms with Gasteiger partial charge in [-0.1, -0.05) is 36.4 Å². The molecule has 0 saturated heterocycles. The van der Waals surface area contributed by atoms with E-state index >= 15 is 0 Å². The fourth-order valence-corrected chi connectivity index (χ4v) is 2.53. The van der Waals surface area contributed by atoms with E-state index in [2.05, 4.69) is 17.1 Å². The molecule has 2 heterocycles. The van der Waals surface area contributed by atoms with E-state index in [1.165, 1.54) is 0 Å². The van der Waals surface area contributed by atoms with Gasteiger partial charge in [0.2, 0.25) is 0 Å². The lowest BCUT2D eigenvalue weighted by Crippen LogP contribution is -1.96. The van der Waals surface area contributed by atoms with Crippen LogP contribution in [0, 0.1) is 6.92 Å². The highest BCUT2D eigenvalue weighted by Crippen LogP contribution is 2.23. The third-order valence-electron chi connectivity index (χ3n) is 3.59. The summed E-state index contributed by atoms with van der Waals surface area (Å²) in [6, 6.07) is 20.1. The van der Waals surface area contributed by atoms with E-state index in [4.69, 9.17) is 9.97 Å². The summed E-state index contributed by atoms with van der Waals surface area (Å²) in [7, 11) is 0. The molecule has 0 aliphatic rings. The molecular formula is C18H13N3. The summed E-state index contributed by atoms with van der Waals surface area (Å²) in [5.41, 5.74) is 5.40. The Kier molecular flexibility index (Phi) is 2.64. The molecule has 3 nitrogen and oxygen atoms in total. The predicted octanol–water partition coefficient (Wildman–Crippen LogP) is 4.15. The second-order valence-corrected chi connectivity index (χ2v) is 5.04. The second kappa shape index (κ2) is 4.63. The maximum absolute atomic E-state index is 4.73. The van der Waals surface area contributed by atoms with Crippen LogP contribution < -0.4 is 0 Å². The van der Waals surface area contributed by atoms with E-state index in [1.807, 2.05) is 55.5 Å². The molecule has 2 aromatic heterocycles. The van der Waals surface area contributed by atoms with Crippen LogP contribution in [0.3, 0.4) is 0 Å². The van der Waals surface area contributed by atoms with Gasteiger partial charge in [0.15, 0.2) is 0 Å². The maximum atomic E-state index is 4.73. The van der Waals surface area contributed by atoms with Crippen molar-refractivity contribution in [2.45, 2.75) is 6.92 Å². The first-order chi connectivity index (χ1) is 10.3. The third-order valence-corrected chi connectivity index (χ3v) is 3.59. The van der Waals surface area contributed by atoms with Crippen molar-refractivity contribution < 1.29 is 0 Å². The third kappa shape index (κ3) is 2.03. The predicted molar refractivity (Wildman–Crippen MR) is 85.0 cm³/mol. The van der Waals surface area contributed by atoms with E-state index < -0.39 is 0 Å². The zero-order valence-electron chi connectivity index (χ0n) is 11.6. The van der Waals surface area contributed by atoms with Crippen LogP contribution in [-0.2, 0) is 0 Å². The number of hydrogen-bond donors (Lipinski definition) is 0. The van der Waals surface area contributed by atoms with Gasteiger partial charge in [-0.2, -0.15) is 0 Å². The van der Waals surface area contributed by atoms with Crippen molar-refractivity contribution in [3.8, 4) is 11.4 Å². The van der Waals surface area contributed by atoms with Gasteiger partial charge >= 0.3 is 0 Å². The van der Waals surface area contributed by atoms with Crippen LogP contribution in [0.1, 0.15) is 5.69 Å². The Bertz CT molecular complexity index is 961. The first-order valence-corrected chi connectivity index (χ1v) is 6.91. The Balaban J connectivity index is 1.96. The summed E-state index contributed by atoms with van der Waals surface area (Å²) in [6.07, 6.45) is 0. The number of nitrogens with zero attached hydrogens (tertiary/aromatic N) is 3. The molecule has 0 amide bonds. The Hall–Kier alpha value is -2.81. The molecule has 0 bridgehead atoms. The highest BCUT2D eigenvalue weighted by Gasteiger charge is 2.09. The van der Waals surface area contributed by atoms with Crippen molar-refractivity contribution in [3.63, 3.8) is 0 Å². The highest BCUT2D eigenvalue weighted by molar-refractivity contribution is 5.82. The van der Waals surface area contributed by atoms with Gasteiger partial charge < -0.3 is 0 Å². The highest BCUT2D eigenvalue weighted by atomic mass is 14.9. The van der Waals surface area contributed by atoms with Crippen molar-refractivity contribution in [1.29, 1.82) is 0 Å². The number of fused-ring (bicyclic) bond motifs is 2. The minimum absolute atomic E-state index is 0.847. The summed E-state index contributed by atoms with van der Waals surface area (Å²) in [5, 5.41) is 1.13. The normalized spacial score (nSPS) is 11.1. The molecule has 0 atom stereocenters. The molecule has 0 unspecified atom stereocenters. The monoisotopic (exact) mass is 271 g/mol. The van der Waals surface area contributed by atoms with E-state index in [1.54, 1.807) is 0 Å². The first kappa shape index (κ1) is 12.0. The molecule has 2 aromatic carbocycles. The number of aromatic nitrogens is 3. The van der Waals surface area contributed by atoms with Crippen LogP contribution in [0.25, 0.3) is 33.3 Å². The lowest BCUT2D eigenvalue weighted by molar-refractivity contribution is 1.17. The van der Waals surface area contributed by atoms with Gasteiger partial charge in [0, 0.05) is 5.39 Å². The summed E-state index contributed by atoms with van der Waals surface area (Å²) < 4.78 is 0.